The van der Waals surface area contributed by atoms with Gasteiger partial charge in [0.1, 0.15) is 0 Å². The van der Waals surface area contributed by atoms with Crippen LogP contribution in [0.5, 0.6) is 0 Å². The summed E-state index contributed by atoms with van der Waals surface area (Å²) in [4.78, 5) is 2.53. The fourth-order valence-electron chi connectivity index (χ4n) is 2.15. The number of hydrogen-bond acceptors (Lipinski definition) is 3. The maximum Gasteiger partial charge on any atom is 0.0702 e. The summed E-state index contributed by atoms with van der Waals surface area (Å²) >= 11 is 0. The van der Waals surface area contributed by atoms with E-state index in [1.54, 1.807) is 0 Å². The molecule has 0 aromatic carbocycles. The Morgan fingerprint density at radius 3 is 2.81 bits per heavy atom. The van der Waals surface area contributed by atoms with Crippen LogP contribution in [0.25, 0.3) is 0 Å². The molecule has 1 rings (SSSR count). The second-order valence-corrected chi connectivity index (χ2v) is 5.64. The second-order valence-electron chi connectivity index (χ2n) is 5.64. The predicted octanol–water partition coefficient (Wildman–Crippen LogP) is 1.86. The van der Waals surface area contributed by atoms with E-state index in [-0.39, 0.29) is 5.41 Å². The molecule has 1 aliphatic heterocycles. The van der Waals surface area contributed by atoms with Crippen molar-refractivity contribution in [3.05, 3.63) is 0 Å². The summed E-state index contributed by atoms with van der Waals surface area (Å²) in [6.07, 6.45) is 4.14. The Morgan fingerprint density at radius 2 is 2.19 bits per heavy atom. The lowest BCUT2D eigenvalue weighted by Gasteiger charge is -2.34. The summed E-state index contributed by atoms with van der Waals surface area (Å²) < 4.78 is 5.70. The molecule has 1 unspecified atom stereocenters. The van der Waals surface area contributed by atoms with Gasteiger partial charge >= 0.3 is 0 Å². The van der Waals surface area contributed by atoms with Gasteiger partial charge in [0.15, 0.2) is 0 Å². The van der Waals surface area contributed by atoms with Crippen LogP contribution < -0.4 is 5.73 Å². The fraction of sp³-hybridized carbons (Fsp3) is 1.00. The summed E-state index contributed by atoms with van der Waals surface area (Å²) in [7, 11) is 0. The topological polar surface area (TPSA) is 38.5 Å². The van der Waals surface area contributed by atoms with Crippen LogP contribution in [-0.4, -0.2) is 43.8 Å². The molecule has 1 fully saturated rings. The van der Waals surface area contributed by atoms with Gasteiger partial charge in [-0.3, -0.25) is 0 Å². The normalized spacial score (nSPS) is 23.6. The van der Waals surface area contributed by atoms with E-state index in [0.29, 0.717) is 6.10 Å². The van der Waals surface area contributed by atoms with E-state index < -0.39 is 0 Å². The minimum Gasteiger partial charge on any atom is -0.377 e. The molecular weight excluding hydrogens is 200 g/mol. The van der Waals surface area contributed by atoms with Gasteiger partial charge in [0.05, 0.1) is 6.10 Å². The monoisotopic (exact) mass is 228 g/mol. The van der Waals surface area contributed by atoms with Gasteiger partial charge in [-0.15, -0.1) is 0 Å². The molecule has 0 amide bonds. The molecule has 0 aliphatic carbocycles. The molecule has 1 atom stereocenters. The molecule has 2 N–H and O–H groups in total. The SMILES string of the molecule is CCOC1CCCN(CCC(C)(C)CN)C1. The quantitative estimate of drug-likeness (QED) is 0.754. The van der Waals surface area contributed by atoms with Gasteiger partial charge in [-0.05, 0) is 51.2 Å². The number of rotatable bonds is 6. The third kappa shape index (κ3) is 4.81. The van der Waals surface area contributed by atoms with Crippen molar-refractivity contribution >= 4 is 0 Å². The second kappa shape index (κ2) is 6.58. The van der Waals surface area contributed by atoms with E-state index >= 15 is 0 Å². The van der Waals surface area contributed by atoms with E-state index in [1.165, 1.54) is 25.8 Å². The van der Waals surface area contributed by atoms with Crippen LogP contribution in [0.3, 0.4) is 0 Å². The fourth-order valence-corrected chi connectivity index (χ4v) is 2.15. The summed E-state index contributed by atoms with van der Waals surface area (Å²) in [5, 5.41) is 0. The van der Waals surface area contributed by atoms with E-state index in [2.05, 4.69) is 25.7 Å². The molecule has 1 heterocycles. The Bertz CT molecular complexity index is 192. The Morgan fingerprint density at radius 1 is 1.44 bits per heavy atom. The van der Waals surface area contributed by atoms with Gasteiger partial charge in [-0.1, -0.05) is 13.8 Å². The predicted molar refractivity (Wildman–Crippen MR) is 68.5 cm³/mol. The van der Waals surface area contributed by atoms with Crippen molar-refractivity contribution < 1.29 is 4.74 Å². The number of piperidine rings is 1. The van der Waals surface area contributed by atoms with Crippen molar-refractivity contribution in [3.63, 3.8) is 0 Å². The van der Waals surface area contributed by atoms with Gasteiger partial charge < -0.3 is 15.4 Å². The zero-order chi connectivity index (χ0) is 12.0. The maximum absolute atomic E-state index is 5.75. The van der Waals surface area contributed by atoms with Crippen molar-refractivity contribution in [2.75, 3.05) is 32.8 Å². The van der Waals surface area contributed by atoms with Gasteiger partial charge in [-0.2, -0.15) is 0 Å². The Balaban J connectivity index is 2.26. The summed E-state index contributed by atoms with van der Waals surface area (Å²) in [5.41, 5.74) is 6.03. The molecule has 1 aliphatic rings. The summed E-state index contributed by atoms with van der Waals surface area (Å²) in [5.74, 6) is 0. The zero-order valence-corrected chi connectivity index (χ0v) is 11.2. The average Bonchev–Trinajstić information content (AvgIpc) is 2.28. The average molecular weight is 228 g/mol. The van der Waals surface area contributed by atoms with E-state index in [0.717, 1.165) is 26.2 Å². The largest absolute Gasteiger partial charge is 0.377 e. The van der Waals surface area contributed by atoms with Crippen LogP contribution >= 0.6 is 0 Å². The molecule has 0 aromatic heterocycles. The Hall–Kier alpha value is -0.120. The first-order valence-electron chi connectivity index (χ1n) is 6.61. The molecule has 96 valence electrons. The van der Waals surface area contributed by atoms with Crippen molar-refractivity contribution in [2.24, 2.45) is 11.1 Å². The molecular formula is C13H28N2O. The smallest absolute Gasteiger partial charge is 0.0702 e. The maximum atomic E-state index is 5.75. The van der Waals surface area contributed by atoms with Crippen LogP contribution in [0.2, 0.25) is 0 Å². The minimum atomic E-state index is 0.276. The molecule has 1 saturated heterocycles. The first kappa shape index (κ1) is 13.9. The lowest BCUT2D eigenvalue weighted by molar-refractivity contribution is 0.00335. The van der Waals surface area contributed by atoms with Crippen molar-refractivity contribution in [1.82, 2.24) is 4.90 Å². The van der Waals surface area contributed by atoms with E-state index in [9.17, 15) is 0 Å². The Kier molecular flexibility index (Phi) is 5.73. The first-order chi connectivity index (χ1) is 7.57. The van der Waals surface area contributed by atoms with Crippen molar-refractivity contribution in [1.29, 1.82) is 0 Å². The molecule has 3 nitrogen and oxygen atoms in total. The van der Waals surface area contributed by atoms with Crippen LogP contribution in [0.4, 0.5) is 0 Å². The number of ether oxygens (including phenoxy) is 1. The van der Waals surface area contributed by atoms with Crippen LogP contribution in [0.15, 0.2) is 0 Å². The number of likely N-dealkylation sites (tertiary alicyclic amines) is 1. The molecule has 0 radical (unpaired) electrons. The highest BCUT2D eigenvalue weighted by Gasteiger charge is 2.22. The number of hydrogen-bond donors (Lipinski definition) is 1. The summed E-state index contributed by atoms with van der Waals surface area (Å²) in [6.45, 7) is 11.7. The highest BCUT2D eigenvalue weighted by atomic mass is 16.5. The molecule has 0 saturated carbocycles. The van der Waals surface area contributed by atoms with Crippen LogP contribution in [-0.2, 0) is 4.74 Å². The molecule has 0 bridgehead atoms. The third-order valence-electron chi connectivity index (χ3n) is 3.52. The number of nitrogens with two attached hydrogens (primary N) is 1. The van der Waals surface area contributed by atoms with E-state index in [1.807, 2.05) is 0 Å². The van der Waals surface area contributed by atoms with Gasteiger partial charge in [0.2, 0.25) is 0 Å². The standard InChI is InChI=1S/C13H28N2O/c1-4-16-12-6-5-8-15(10-12)9-7-13(2,3)11-14/h12H,4-11,14H2,1-3H3. The highest BCUT2D eigenvalue weighted by molar-refractivity contribution is 4.77. The third-order valence-corrected chi connectivity index (χ3v) is 3.52. The number of nitrogens with zero attached hydrogens (tertiary/aromatic N) is 1. The van der Waals surface area contributed by atoms with Crippen LogP contribution in [0.1, 0.15) is 40.0 Å². The van der Waals surface area contributed by atoms with E-state index in [4.69, 9.17) is 10.5 Å². The molecule has 0 aromatic rings. The van der Waals surface area contributed by atoms with Crippen LogP contribution in [0, 0.1) is 5.41 Å². The van der Waals surface area contributed by atoms with Gasteiger partial charge in [-0.25, -0.2) is 0 Å². The Labute approximate surface area is 100 Å². The van der Waals surface area contributed by atoms with Gasteiger partial charge in [0, 0.05) is 13.2 Å². The highest BCUT2D eigenvalue weighted by Crippen LogP contribution is 2.20. The summed E-state index contributed by atoms with van der Waals surface area (Å²) in [6, 6.07) is 0. The van der Waals surface area contributed by atoms with Crippen molar-refractivity contribution in [3.8, 4) is 0 Å². The van der Waals surface area contributed by atoms with Crippen molar-refractivity contribution in [2.45, 2.75) is 46.1 Å². The minimum absolute atomic E-state index is 0.276. The molecule has 3 heteroatoms. The first-order valence-corrected chi connectivity index (χ1v) is 6.61. The molecule has 16 heavy (non-hydrogen) atoms. The lowest BCUT2D eigenvalue weighted by atomic mass is 9.89. The van der Waals surface area contributed by atoms with Gasteiger partial charge in [0.25, 0.3) is 0 Å². The lowest BCUT2D eigenvalue weighted by Crippen LogP contribution is -2.41. The zero-order valence-electron chi connectivity index (χ0n) is 11.2. The molecule has 0 spiro atoms.